The number of nitrogens with two attached hydrogens (primary N) is 1. The van der Waals surface area contributed by atoms with Gasteiger partial charge in [-0.1, -0.05) is 12.1 Å². The summed E-state index contributed by atoms with van der Waals surface area (Å²) in [6.07, 6.45) is 2.92. The molecule has 0 radical (unpaired) electrons. The second kappa shape index (κ2) is 9.83. The molecular weight excluding hydrogens is 667 g/mol. The summed E-state index contributed by atoms with van der Waals surface area (Å²) < 4.78 is 92.3. The topological polar surface area (TPSA) is 145 Å². The van der Waals surface area contributed by atoms with E-state index in [1.165, 1.54) is 35.7 Å². The Kier molecular flexibility index (Phi) is 6.76. The van der Waals surface area contributed by atoms with Crippen LogP contribution in [0.1, 0.15) is 12.8 Å². The molecule has 0 bridgehead atoms. The van der Waals surface area contributed by atoms with E-state index in [0.717, 1.165) is 6.07 Å². The molecule has 2 fully saturated rings. The van der Waals surface area contributed by atoms with E-state index in [1.807, 2.05) is 0 Å². The summed E-state index contributed by atoms with van der Waals surface area (Å²) in [6, 6.07) is 7.38. The van der Waals surface area contributed by atoms with Crippen LogP contribution in [0.2, 0.25) is 0 Å². The molecule has 214 valence electrons. The highest BCUT2D eigenvalue weighted by molar-refractivity contribution is 9.11. The number of aromatic nitrogens is 3. The van der Waals surface area contributed by atoms with Crippen molar-refractivity contribution in [3.63, 3.8) is 0 Å². The Morgan fingerprint density at radius 1 is 1.00 bits per heavy atom. The standard InChI is InChI=1S/C25H19BrF3N5O4S3/c26-23-34-20(15-3-1-2-13(18(15)28)14-4-5-16(27)22(19(14)29)41(30,37)38)21(39-23)17-6-7-31-24(33-17)32-12-8-25(9-12)10-40(35,36)11-25/h1-7,12H,8-11H2,(H2,30,37,38)(H,31,32,33). The molecule has 1 saturated heterocycles. The van der Waals surface area contributed by atoms with Gasteiger partial charge >= 0.3 is 0 Å². The van der Waals surface area contributed by atoms with Crippen molar-refractivity contribution in [3.05, 3.63) is 64.0 Å². The van der Waals surface area contributed by atoms with Crippen LogP contribution in [-0.2, 0) is 19.9 Å². The summed E-state index contributed by atoms with van der Waals surface area (Å²) in [4.78, 5) is 12.3. The van der Waals surface area contributed by atoms with Crippen LogP contribution in [0.25, 0.3) is 33.0 Å². The number of benzene rings is 2. The molecule has 2 aliphatic rings. The van der Waals surface area contributed by atoms with Crippen LogP contribution in [0.3, 0.4) is 0 Å². The number of primary sulfonamides is 1. The zero-order chi connectivity index (χ0) is 29.3. The molecular formula is C25H19BrF3N5O4S3. The molecule has 1 saturated carbocycles. The quantitative estimate of drug-likeness (QED) is 0.296. The maximum absolute atomic E-state index is 15.9. The molecule has 2 aromatic heterocycles. The molecule has 1 aliphatic carbocycles. The predicted molar refractivity (Wildman–Crippen MR) is 151 cm³/mol. The lowest BCUT2D eigenvalue weighted by molar-refractivity contribution is 0.153. The number of nitrogens with one attached hydrogen (secondary N) is 1. The highest BCUT2D eigenvalue weighted by atomic mass is 79.9. The molecule has 3 N–H and O–H groups in total. The molecule has 0 unspecified atom stereocenters. The Morgan fingerprint density at radius 3 is 2.37 bits per heavy atom. The molecule has 16 heteroatoms. The van der Waals surface area contributed by atoms with E-state index in [0.29, 0.717) is 39.3 Å². The number of anilines is 1. The van der Waals surface area contributed by atoms with Gasteiger partial charge in [0, 0.05) is 34.3 Å². The first-order chi connectivity index (χ1) is 19.3. The van der Waals surface area contributed by atoms with Gasteiger partial charge in [0.2, 0.25) is 16.0 Å². The van der Waals surface area contributed by atoms with E-state index in [-0.39, 0.29) is 39.8 Å². The Bertz CT molecular complexity index is 1930. The summed E-state index contributed by atoms with van der Waals surface area (Å²) in [5.74, 6) is -3.09. The lowest BCUT2D eigenvalue weighted by atomic mass is 9.67. The van der Waals surface area contributed by atoms with Crippen LogP contribution < -0.4 is 10.5 Å². The van der Waals surface area contributed by atoms with Gasteiger partial charge in [-0.25, -0.2) is 50.1 Å². The average molecular weight is 687 g/mol. The van der Waals surface area contributed by atoms with Gasteiger partial charge in [0.15, 0.2) is 24.5 Å². The number of thiazole rings is 1. The van der Waals surface area contributed by atoms with Gasteiger partial charge in [-0.2, -0.15) is 0 Å². The van der Waals surface area contributed by atoms with Crippen LogP contribution in [0.4, 0.5) is 19.1 Å². The maximum Gasteiger partial charge on any atom is 0.243 e. The first-order valence-electron chi connectivity index (χ1n) is 12.0. The van der Waals surface area contributed by atoms with E-state index in [9.17, 15) is 21.2 Å². The second-order valence-electron chi connectivity index (χ2n) is 10.1. The molecule has 6 rings (SSSR count). The fourth-order valence-electron chi connectivity index (χ4n) is 5.53. The van der Waals surface area contributed by atoms with Crippen molar-refractivity contribution in [3.8, 4) is 33.0 Å². The molecule has 2 aromatic carbocycles. The van der Waals surface area contributed by atoms with Crippen molar-refractivity contribution in [2.75, 3.05) is 16.8 Å². The number of halogens is 4. The molecule has 41 heavy (non-hydrogen) atoms. The number of nitrogens with zero attached hydrogens (tertiary/aromatic N) is 3. The summed E-state index contributed by atoms with van der Waals surface area (Å²) in [7, 11) is -7.69. The molecule has 1 aliphatic heterocycles. The van der Waals surface area contributed by atoms with Crippen molar-refractivity contribution in [1.29, 1.82) is 0 Å². The first kappa shape index (κ1) is 28.2. The van der Waals surface area contributed by atoms with E-state index in [1.54, 1.807) is 6.07 Å². The third-order valence-electron chi connectivity index (χ3n) is 7.11. The molecule has 9 nitrogen and oxygen atoms in total. The van der Waals surface area contributed by atoms with Gasteiger partial charge in [-0.3, -0.25) is 0 Å². The van der Waals surface area contributed by atoms with Crippen LogP contribution in [0, 0.1) is 22.9 Å². The summed E-state index contributed by atoms with van der Waals surface area (Å²) in [5, 5.41) is 8.21. The van der Waals surface area contributed by atoms with Crippen LogP contribution in [0.5, 0.6) is 0 Å². The highest BCUT2D eigenvalue weighted by Crippen LogP contribution is 2.50. The Labute approximate surface area is 245 Å². The number of hydrogen-bond acceptors (Lipinski definition) is 9. The van der Waals surface area contributed by atoms with Crippen molar-refractivity contribution >= 4 is 53.1 Å². The van der Waals surface area contributed by atoms with Crippen molar-refractivity contribution in [1.82, 2.24) is 15.0 Å². The van der Waals surface area contributed by atoms with Crippen LogP contribution in [-0.4, -0.2) is 49.3 Å². The minimum Gasteiger partial charge on any atom is -0.351 e. The minimum atomic E-state index is -4.77. The Hall–Kier alpha value is -2.92. The number of sulfonamides is 1. The zero-order valence-electron chi connectivity index (χ0n) is 20.7. The van der Waals surface area contributed by atoms with Gasteiger partial charge in [0.1, 0.15) is 11.6 Å². The smallest absolute Gasteiger partial charge is 0.243 e. The van der Waals surface area contributed by atoms with Gasteiger partial charge < -0.3 is 5.32 Å². The van der Waals surface area contributed by atoms with Crippen molar-refractivity contribution in [2.45, 2.75) is 23.8 Å². The number of sulfone groups is 1. The van der Waals surface area contributed by atoms with E-state index in [4.69, 9.17) is 5.14 Å². The van der Waals surface area contributed by atoms with E-state index >= 15 is 8.78 Å². The van der Waals surface area contributed by atoms with E-state index < -0.39 is 47.8 Å². The first-order valence-corrected chi connectivity index (χ1v) is 17.0. The fourth-order valence-corrected chi connectivity index (χ4v) is 9.92. The van der Waals surface area contributed by atoms with Gasteiger partial charge in [-0.05, 0) is 53.0 Å². The third kappa shape index (κ3) is 5.16. The predicted octanol–water partition coefficient (Wildman–Crippen LogP) is 4.75. The monoisotopic (exact) mass is 685 g/mol. The van der Waals surface area contributed by atoms with Gasteiger partial charge in [-0.15, -0.1) is 11.3 Å². The summed E-state index contributed by atoms with van der Waals surface area (Å²) in [5.41, 5.74) is -0.386. The molecule has 0 atom stereocenters. The lowest BCUT2D eigenvalue weighted by Gasteiger charge is -2.53. The SMILES string of the molecule is NS(=O)(=O)c1c(F)ccc(-c2cccc(-c3nc(Br)sc3-c3ccnc(NC4CC5(C4)CS(=O)(=O)C5)n3)c2F)c1F. The summed E-state index contributed by atoms with van der Waals surface area (Å²) in [6.45, 7) is 0. The Morgan fingerprint density at radius 2 is 1.68 bits per heavy atom. The molecule has 1 spiro atoms. The zero-order valence-corrected chi connectivity index (χ0v) is 24.8. The van der Waals surface area contributed by atoms with Crippen LogP contribution in [0.15, 0.2) is 51.4 Å². The van der Waals surface area contributed by atoms with Gasteiger partial charge in [0.25, 0.3) is 0 Å². The Balaban J connectivity index is 1.34. The number of rotatable bonds is 6. The van der Waals surface area contributed by atoms with Crippen molar-refractivity contribution < 1.29 is 30.0 Å². The van der Waals surface area contributed by atoms with E-state index in [2.05, 4.69) is 36.2 Å². The molecule has 3 heterocycles. The summed E-state index contributed by atoms with van der Waals surface area (Å²) >= 11 is 4.50. The molecule has 4 aromatic rings. The average Bonchev–Trinajstić information content (AvgIpc) is 3.23. The fraction of sp³-hybridized carbons (Fsp3) is 0.240. The highest BCUT2D eigenvalue weighted by Gasteiger charge is 2.56. The van der Waals surface area contributed by atoms with Crippen LogP contribution >= 0.6 is 27.3 Å². The minimum absolute atomic E-state index is 0.0235. The normalized spacial score (nSPS) is 17.7. The second-order valence-corrected chi connectivity index (χ2v) is 16.0. The lowest BCUT2D eigenvalue weighted by Crippen LogP contribution is -2.60. The maximum atomic E-state index is 15.9. The molecule has 0 amide bonds. The largest absolute Gasteiger partial charge is 0.351 e. The van der Waals surface area contributed by atoms with Gasteiger partial charge in [0.05, 0.1) is 27.8 Å². The third-order valence-corrected chi connectivity index (χ3v) is 11.7. The number of hydrogen-bond donors (Lipinski definition) is 2. The van der Waals surface area contributed by atoms with Crippen molar-refractivity contribution in [2.24, 2.45) is 10.6 Å².